The normalized spacial score (nSPS) is 20.7. The number of hydrogen-bond acceptors (Lipinski definition) is 1. The van der Waals surface area contributed by atoms with Crippen LogP contribution in [-0.2, 0) is 0 Å². The van der Waals surface area contributed by atoms with Crippen LogP contribution in [0.2, 0.25) is 0 Å². The van der Waals surface area contributed by atoms with E-state index in [1.165, 1.54) is 50.4 Å². The van der Waals surface area contributed by atoms with Gasteiger partial charge >= 0.3 is 0 Å². The highest BCUT2D eigenvalue weighted by molar-refractivity contribution is 5.70. The molecule has 2 aromatic rings. The summed E-state index contributed by atoms with van der Waals surface area (Å²) in [5.74, 6) is 0.999. The molecule has 0 unspecified atom stereocenters. The first kappa shape index (κ1) is 17.0. The average Bonchev–Trinajstić information content (AvgIpc) is 2.67. The Labute approximate surface area is 145 Å². The number of benzene rings is 2. The fourth-order valence-electron chi connectivity index (χ4n) is 3.51. The van der Waals surface area contributed by atoms with Crippen molar-refractivity contribution in [3.05, 3.63) is 54.6 Å². The van der Waals surface area contributed by atoms with Crippen LogP contribution in [0.1, 0.15) is 13.3 Å². The molecule has 0 spiro atoms. The molecule has 0 saturated carbocycles. The van der Waals surface area contributed by atoms with Gasteiger partial charge in [-0.3, -0.25) is 0 Å². The number of para-hydroxylation sites is 1. The van der Waals surface area contributed by atoms with Crippen LogP contribution in [0.25, 0.3) is 11.1 Å². The molecule has 1 saturated heterocycles. The highest BCUT2D eigenvalue weighted by Crippen LogP contribution is 2.29. The Morgan fingerprint density at radius 3 is 2.25 bits per heavy atom. The molecule has 2 N–H and O–H groups in total. The van der Waals surface area contributed by atoms with Gasteiger partial charge in [0.05, 0.1) is 19.7 Å². The zero-order valence-electron chi connectivity index (χ0n) is 14.8. The molecule has 3 heteroatoms. The van der Waals surface area contributed by atoms with Crippen molar-refractivity contribution in [2.24, 2.45) is 0 Å². The number of nitrogens with one attached hydrogen (secondary N) is 2. The maximum atomic E-state index is 6.11. The summed E-state index contributed by atoms with van der Waals surface area (Å²) in [6.45, 7) is 10.9. The van der Waals surface area contributed by atoms with Crippen LogP contribution in [0.4, 0.5) is 0 Å². The van der Waals surface area contributed by atoms with Gasteiger partial charge < -0.3 is 14.5 Å². The Bertz CT molecular complexity index is 606. The number of quaternary nitrogens is 2. The van der Waals surface area contributed by atoms with Crippen LogP contribution in [0.5, 0.6) is 5.75 Å². The first-order chi connectivity index (χ1) is 11.9. The summed E-state index contributed by atoms with van der Waals surface area (Å²) in [7, 11) is 0. The second-order valence-electron chi connectivity index (χ2n) is 6.67. The molecule has 2 aromatic carbocycles. The minimum Gasteiger partial charge on any atom is -0.493 e. The van der Waals surface area contributed by atoms with E-state index in [1.54, 1.807) is 9.80 Å². The van der Waals surface area contributed by atoms with Gasteiger partial charge in [-0.05, 0) is 18.6 Å². The first-order valence-electron chi connectivity index (χ1n) is 9.31. The van der Waals surface area contributed by atoms with Gasteiger partial charge in [0.15, 0.2) is 0 Å². The van der Waals surface area contributed by atoms with Crippen molar-refractivity contribution in [1.82, 2.24) is 0 Å². The molecule has 3 nitrogen and oxygen atoms in total. The summed E-state index contributed by atoms with van der Waals surface area (Å²) in [6, 6.07) is 18.8. The van der Waals surface area contributed by atoms with Gasteiger partial charge in [0.2, 0.25) is 0 Å². The van der Waals surface area contributed by atoms with E-state index in [2.05, 4.69) is 61.5 Å². The molecule has 0 aromatic heterocycles. The molecule has 128 valence electrons. The summed E-state index contributed by atoms with van der Waals surface area (Å²) in [5, 5.41) is 0. The quantitative estimate of drug-likeness (QED) is 0.725. The molecule has 1 fully saturated rings. The van der Waals surface area contributed by atoms with Gasteiger partial charge in [-0.1, -0.05) is 48.5 Å². The Balaban J connectivity index is 1.48. The fraction of sp³-hybridized carbons (Fsp3) is 0.429. The van der Waals surface area contributed by atoms with Crippen LogP contribution in [0.15, 0.2) is 54.6 Å². The maximum absolute atomic E-state index is 6.11. The predicted molar refractivity (Wildman–Crippen MR) is 98.8 cm³/mol. The van der Waals surface area contributed by atoms with Crippen molar-refractivity contribution in [1.29, 1.82) is 0 Å². The van der Waals surface area contributed by atoms with Crippen LogP contribution >= 0.6 is 0 Å². The number of ether oxygens (including phenoxy) is 1. The zero-order chi connectivity index (χ0) is 16.6. The lowest BCUT2D eigenvalue weighted by Crippen LogP contribution is -3.28. The molecule has 1 heterocycles. The summed E-state index contributed by atoms with van der Waals surface area (Å²) in [4.78, 5) is 3.50. The van der Waals surface area contributed by atoms with E-state index in [-0.39, 0.29) is 0 Å². The lowest BCUT2D eigenvalue weighted by molar-refractivity contribution is -1.01. The largest absolute Gasteiger partial charge is 0.493 e. The van der Waals surface area contributed by atoms with E-state index >= 15 is 0 Å². The van der Waals surface area contributed by atoms with Crippen LogP contribution in [0.3, 0.4) is 0 Å². The van der Waals surface area contributed by atoms with Gasteiger partial charge in [-0.2, -0.15) is 0 Å². The molecule has 0 bridgehead atoms. The molecule has 24 heavy (non-hydrogen) atoms. The second kappa shape index (κ2) is 8.86. The Morgan fingerprint density at radius 1 is 0.833 bits per heavy atom. The van der Waals surface area contributed by atoms with Crippen molar-refractivity contribution in [2.75, 3.05) is 45.9 Å². The second-order valence-corrected chi connectivity index (χ2v) is 6.67. The van der Waals surface area contributed by atoms with Gasteiger partial charge in [0.1, 0.15) is 31.9 Å². The molecule has 1 aliphatic rings. The molecule has 0 atom stereocenters. The highest BCUT2D eigenvalue weighted by atomic mass is 16.5. The van der Waals surface area contributed by atoms with Crippen molar-refractivity contribution < 1.29 is 14.5 Å². The van der Waals surface area contributed by atoms with Gasteiger partial charge in [-0.15, -0.1) is 0 Å². The van der Waals surface area contributed by atoms with E-state index in [1.807, 2.05) is 0 Å². The summed E-state index contributed by atoms with van der Waals surface area (Å²) >= 11 is 0. The first-order valence-corrected chi connectivity index (χ1v) is 9.31. The standard InChI is InChI=1S/C21H28N2O/c1-2-22-14-16-23(17-15-22)13-8-18-24-21-12-7-6-11-20(21)19-9-4-3-5-10-19/h3-7,9-12H,2,8,13-18H2,1H3/p+2. The minimum atomic E-state index is 0.803. The van der Waals surface area contributed by atoms with E-state index < -0.39 is 0 Å². The molecule has 0 aliphatic carbocycles. The monoisotopic (exact) mass is 326 g/mol. The lowest BCUT2D eigenvalue weighted by atomic mass is 10.1. The Hall–Kier alpha value is -1.84. The number of rotatable bonds is 7. The average molecular weight is 326 g/mol. The van der Waals surface area contributed by atoms with E-state index in [4.69, 9.17) is 4.74 Å². The summed E-state index contributed by atoms with van der Waals surface area (Å²) in [6.07, 6.45) is 1.12. The Morgan fingerprint density at radius 2 is 1.50 bits per heavy atom. The third-order valence-electron chi connectivity index (χ3n) is 5.07. The van der Waals surface area contributed by atoms with Crippen molar-refractivity contribution in [3.8, 4) is 16.9 Å². The van der Waals surface area contributed by atoms with Crippen LogP contribution in [-0.4, -0.2) is 45.9 Å². The predicted octanol–water partition coefficient (Wildman–Crippen LogP) is 0.926. The third-order valence-corrected chi connectivity index (χ3v) is 5.07. The molecule has 1 aliphatic heterocycles. The lowest BCUT2D eigenvalue weighted by Gasteiger charge is -2.28. The summed E-state index contributed by atoms with van der Waals surface area (Å²) < 4.78 is 6.11. The van der Waals surface area contributed by atoms with E-state index in [0.29, 0.717) is 0 Å². The van der Waals surface area contributed by atoms with Crippen molar-refractivity contribution in [2.45, 2.75) is 13.3 Å². The topological polar surface area (TPSA) is 18.1 Å². The maximum Gasteiger partial charge on any atom is 0.127 e. The van der Waals surface area contributed by atoms with E-state index in [0.717, 1.165) is 18.8 Å². The molecule has 3 rings (SSSR count). The highest BCUT2D eigenvalue weighted by Gasteiger charge is 2.20. The third kappa shape index (κ3) is 4.59. The van der Waals surface area contributed by atoms with Crippen molar-refractivity contribution in [3.63, 3.8) is 0 Å². The number of piperazine rings is 1. The summed E-state index contributed by atoms with van der Waals surface area (Å²) in [5.41, 5.74) is 2.41. The van der Waals surface area contributed by atoms with E-state index in [9.17, 15) is 0 Å². The van der Waals surface area contributed by atoms with Gasteiger partial charge in [0, 0.05) is 12.0 Å². The molecule has 0 amide bonds. The van der Waals surface area contributed by atoms with Gasteiger partial charge in [-0.25, -0.2) is 0 Å². The number of hydrogen-bond donors (Lipinski definition) is 2. The molecular formula is C21H30N2O+2. The Kier molecular flexibility index (Phi) is 6.27. The number of likely N-dealkylation sites (N-methyl/N-ethyl adjacent to an activating group) is 1. The van der Waals surface area contributed by atoms with Crippen LogP contribution in [0, 0.1) is 0 Å². The molecular weight excluding hydrogens is 296 g/mol. The zero-order valence-corrected chi connectivity index (χ0v) is 14.8. The fourth-order valence-corrected chi connectivity index (χ4v) is 3.51. The smallest absolute Gasteiger partial charge is 0.127 e. The molecule has 0 radical (unpaired) electrons. The van der Waals surface area contributed by atoms with Crippen LogP contribution < -0.4 is 14.5 Å². The SMILES string of the molecule is CC[NH+]1CC[NH+](CCCOc2ccccc2-c2ccccc2)CC1. The minimum absolute atomic E-state index is 0.803. The van der Waals surface area contributed by atoms with Crippen molar-refractivity contribution >= 4 is 0 Å². The van der Waals surface area contributed by atoms with Gasteiger partial charge in [0.25, 0.3) is 0 Å².